The van der Waals surface area contributed by atoms with E-state index in [1.807, 2.05) is 19.9 Å². The molecule has 1 aliphatic heterocycles. The second kappa shape index (κ2) is 6.05. The number of aromatic nitrogens is 2. The fourth-order valence-electron chi connectivity index (χ4n) is 3.11. The summed E-state index contributed by atoms with van der Waals surface area (Å²) in [6, 6.07) is 6.67. The highest BCUT2D eigenvalue weighted by molar-refractivity contribution is 5.41. The molecule has 0 unspecified atom stereocenters. The molecule has 0 bridgehead atoms. The number of nitrogens with zero attached hydrogens (tertiary/aromatic N) is 3. The summed E-state index contributed by atoms with van der Waals surface area (Å²) in [6.45, 7) is 3.97. The van der Waals surface area contributed by atoms with Crippen LogP contribution in [-0.4, -0.2) is 27.7 Å². The molecule has 1 saturated heterocycles. The summed E-state index contributed by atoms with van der Waals surface area (Å²) in [5.41, 5.74) is 1.37. The first kappa shape index (κ1) is 16.7. The molecule has 2 atom stereocenters. The van der Waals surface area contributed by atoms with Gasteiger partial charge in [0.2, 0.25) is 5.95 Å². The first-order valence-electron chi connectivity index (χ1n) is 7.68. The van der Waals surface area contributed by atoms with E-state index in [0.29, 0.717) is 24.5 Å². The first-order valence-corrected chi connectivity index (χ1v) is 7.68. The highest BCUT2D eigenvalue weighted by atomic mass is 19.4. The number of aliphatic hydroxyl groups excluding tert-OH is 1. The molecule has 24 heavy (non-hydrogen) atoms. The Balaban J connectivity index is 1.99. The molecule has 0 amide bonds. The summed E-state index contributed by atoms with van der Waals surface area (Å²) in [4.78, 5) is 10.5. The van der Waals surface area contributed by atoms with Crippen molar-refractivity contribution in [3.05, 3.63) is 52.8 Å². The molecular formula is C17H18F3N3O. The second-order valence-corrected chi connectivity index (χ2v) is 6.13. The largest absolute Gasteiger partial charge is 0.416 e. The van der Waals surface area contributed by atoms with Gasteiger partial charge >= 0.3 is 6.18 Å². The smallest absolute Gasteiger partial charge is 0.391 e. The lowest BCUT2D eigenvalue weighted by Gasteiger charge is -2.25. The first-order chi connectivity index (χ1) is 11.2. The van der Waals surface area contributed by atoms with Gasteiger partial charge in [0.1, 0.15) is 0 Å². The Morgan fingerprint density at radius 3 is 2.42 bits per heavy atom. The average molecular weight is 337 g/mol. The third-order valence-corrected chi connectivity index (χ3v) is 4.11. The standard InChI is InChI=1S/C17H18F3N3O/c1-10-6-11(2)22-16(21-10)23-9-14(24)8-15(23)12-4-3-5-13(7-12)17(18,19)20/h3-7,14-15,24H,8-9H2,1-2H3/t14-,15+/m1/s1. The van der Waals surface area contributed by atoms with Crippen molar-refractivity contribution in [3.63, 3.8) is 0 Å². The van der Waals surface area contributed by atoms with Crippen LogP contribution >= 0.6 is 0 Å². The van der Waals surface area contributed by atoms with Crippen LogP contribution in [0.25, 0.3) is 0 Å². The minimum absolute atomic E-state index is 0.295. The van der Waals surface area contributed by atoms with E-state index >= 15 is 0 Å². The van der Waals surface area contributed by atoms with E-state index in [2.05, 4.69) is 9.97 Å². The molecule has 0 aliphatic carbocycles. The van der Waals surface area contributed by atoms with Gasteiger partial charge in [0.05, 0.1) is 17.7 Å². The predicted octanol–water partition coefficient (Wildman–Crippen LogP) is 3.42. The van der Waals surface area contributed by atoms with Crippen LogP contribution in [0, 0.1) is 13.8 Å². The van der Waals surface area contributed by atoms with Gasteiger partial charge < -0.3 is 10.0 Å². The quantitative estimate of drug-likeness (QED) is 0.912. The minimum Gasteiger partial charge on any atom is -0.391 e. The zero-order valence-corrected chi connectivity index (χ0v) is 13.4. The lowest BCUT2D eigenvalue weighted by Crippen LogP contribution is -2.27. The summed E-state index contributed by atoms with van der Waals surface area (Å²) in [5.74, 6) is 0.437. The zero-order valence-electron chi connectivity index (χ0n) is 13.4. The highest BCUT2D eigenvalue weighted by Gasteiger charge is 2.36. The van der Waals surface area contributed by atoms with Crippen molar-refractivity contribution in [2.24, 2.45) is 0 Å². The van der Waals surface area contributed by atoms with Crippen molar-refractivity contribution in [2.75, 3.05) is 11.4 Å². The number of aryl methyl sites for hydroxylation is 2. The van der Waals surface area contributed by atoms with Gasteiger partial charge in [0, 0.05) is 17.9 Å². The molecule has 3 rings (SSSR count). The molecule has 4 nitrogen and oxygen atoms in total. The SMILES string of the molecule is Cc1cc(C)nc(N2C[C@H](O)C[C@H]2c2cccc(C(F)(F)F)c2)n1. The van der Waals surface area contributed by atoms with Crippen LogP contribution in [0.5, 0.6) is 0 Å². The summed E-state index contributed by atoms with van der Waals surface area (Å²) >= 11 is 0. The molecule has 2 aromatic rings. The molecule has 0 spiro atoms. The third-order valence-electron chi connectivity index (χ3n) is 4.11. The summed E-state index contributed by atoms with van der Waals surface area (Å²) in [7, 11) is 0. The number of rotatable bonds is 2. The molecule has 1 aromatic heterocycles. The lowest BCUT2D eigenvalue weighted by molar-refractivity contribution is -0.137. The Bertz CT molecular complexity index is 728. The number of alkyl halides is 3. The molecule has 1 N–H and O–H groups in total. The Labute approximate surface area is 138 Å². The summed E-state index contributed by atoms with van der Waals surface area (Å²) < 4.78 is 38.9. The van der Waals surface area contributed by atoms with Gasteiger partial charge in [0.15, 0.2) is 0 Å². The van der Waals surface area contributed by atoms with E-state index in [0.717, 1.165) is 23.5 Å². The van der Waals surface area contributed by atoms with Crippen molar-refractivity contribution in [2.45, 2.75) is 38.6 Å². The number of halogens is 3. The van der Waals surface area contributed by atoms with Gasteiger partial charge in [-0.15, -0.1) is 0 Å². The predicted molar refractivity (Wildman–Crippen MR) is 83.7 cm³/mol. The van der Waals surface area contributed by atoms with E-state index < -0.39 is 17.8 Å². The maximum absolute atomic E-state index is 13.0. The third kappa shape index (κ3) is 3.36. The van der Waals surface area contributed by atoms with E-state index in [9.17, 15) is 18.3 Å². The van der Waals surface area contributed by atoms with Crippen LogP contribution in [-0.2, 0) is 6.18 Å². The van der Waals surface area contributed by atoms with Crippen molar-refractivity contribution >= 4 is 5.95 Å². The molecule has 1 aromatic carbocycles. The Morgan fingerprint density at radius 1 is 1.12 bits per heavy atom. The van der Waals surface area contributed by atoms with E-state index in [-0.39, 0.29) is 6.04 Å². The van der Waals surface area contributed by atoms with Crippen molar-refractivity contribution < 1.29 is 18.3 Å². The van der Waals surface area contributed by atoms with E-state index in [1.54, 1.807) is 11.0 Å². The molecule has 1 fully saturated rings. The molecule has 0 saturated carbocycles. The van der Waals surface area contributed by atoms with Crippen LogP contribution in [0.2, 0.25) is 0 Å². The van der Waals surface area contributed by atoms with Gasteiger partial charge in [-0.05, 0) is 44.0 Å². The minimum atomic E-state index is -4.39. The highest BCUT2D eigenvalue weighted by Crippen LogP contribution is 2.37. The van der Waals surface area contributed by atoms with E-state index in [1.165, 1.54) is 6.07 Å². The second-order valence-electron chi connectivity index (χ2n) is 6.13. The van der Waals surface area contributed by atoms with Gasteiger partial charge in [-0.2, -0.15) is 13.2 Å². The normalized spacial score (nSPS) is 21.3. The van der Waals surface area contributed by atoms with E-state index in [4.69, 9.17) is 0 Å². The van der Waals surface area contributed by atoms with Crippen LogP contribution in [0.3, 0.4) is 0 Å². The van der Waals surface area contributed by atoms with Crippen LogP contribution < -0.4 is 4.90 Å². The topological polar surface area (TPSA) is 49.2 Å². The Kier molecular flexibility index (Phi) is 4.21. The maximum Gasteiger partial charge on any atom is 0.416 e. The fraction of sp³-hybridized carbons (Fsp3) is 0.412. The van der Waals surface area contributed by atoms with Crippen molar-refractivity contribution in [1.82, 2.24) is 9.97 Å². The van der Waals surface area contributed by atoms with Gasteiger partial charge in [-0.25, -0.2) is 9.97 Å². The van der Waals surface area contributed by atoms with Gasteiger partial charge in [-0.1, -0.05) is 12.1 Å². The molecule has 1 aliphatic rings. The Hall–Kier alpha value is -2.15. The number of β-amino-alcohol motifs (C(OH)–C–C–N with tert-alkyl or cyclic N) is 1. The fourth-order valence-corrected chi connectivity index (χ4v) is 3.11. The van der Waals surface area contributed by atoms with Crippen LogP contribution in [0.15, 0.2) is 30.3 Å². The molecule has 128 valence electrons. The maximum atomic E-state index is 13.0. The Morgan fingerprint density at radius 2 is 1.79 bits per heavy atom. The number of hydrogen-bond acceptors (Lipinski definition) is 4. The molecule has 0 radical (unpaired) electrons. The molecule has 2 heterocycles. The number of benzene rings is 1. The van der Waals surface area contributed by atoms with Crippen molar-refractivity contribution in [1.29, 1.82) is 0 Å². The monoisotopic (exact) mass is 337 g/mol. The zero-order chi connectivity index (χ0) is 17.5. The van der Waals surface area contributed by atoms with Crippen molar-refractivity contribution in [3.8, 4) is 0 Å². The van der Waals surface area contributed by atoms with Crippen LogP contribution in [0.1, 0.15) is 35.0 Å². The summed E-state index contributed by atoms with van der Waals surface area (Å²) in [6.07, 6.45) is -4.68. The number of hydrogen-bond donors (Lipinski definition) is 1. The number of anilines is 1. The average Bonchev–Trinajstić information content (AvgIpc) is 2.88. The molecular weight excluding hydrogens is 319 g/mol. The van der Waals surface area contributed by atoms with Gasteiger partial charge in [0.25, 0.3) is 0 Å². The molecule has 7 heteroatoms. The lowest BCUT2D eigenvalue weighted by atomic mass is 10.0. The number of aliphatic hydroxyl groups is 1. The van der Waals surface area contributed by atoms with Crippen LogP contribution in [0.4, 0.5) is 19.1 Å². The summed E-state index contributed by atoms with van der Waals surface area (Å²) in [5, 5.41) is 10.0. The van der Waals surface area contributed by atoms with Gasteiger partial charge in [-0.3, -0.25) is 0 Å².